The van der Waals surface area contributed by atoms with Gasteiger partial charge in [-0.05, 0) is 29.7 Å². The fraction of sp³-hybridized carbons (Fsp3) is 0.231. The van der Waals surface area contributed by atoms with Crippen LogP contribution in [0.1, 0.15) is 29.8 Å². The van der Waals surface area contributed by atoms with Crippen LogP contribution in [0.4, 0.5) is 4.39 Å². The van der Waals surface area contributed by atoms with Gasteiger partial charge in [-0.25, -0.2) is 9.82 Å². The summed E-state index contributed by atoms with van der Waals surface area (Å²) in [6.45, 7) is 2.04. The van der Waals surface area contributed by atoms with Gasteiger partial charge in [0.2, 0.25) is 0 Å². The molecule has 0 aliphatic rings. The molecule has 0 bridgehead atoms. The lowest BCUT2D eigenvalue weighted by Crippen LogP contribution is -2.30. The van der Waals surface area contributed by atoms with Crippen LogP contribution in [-0.4, -0.2) is 9.97 Å². The van der Waals surface area contributed by atoms with Crippen molar-refractivity contribution in [1.82, 2.24) is 15.4 Å². The van der Waals surface area contributed by atoms with Crippen LogP contribution in [0, 0.1) is 5.82 Å². The number of nitrogens with zero attached hydrogens (tertiary/aromatic N) is 2. The maximum Gasteiger partial charge on any atom is 0.141 e. The molecule has 0 aliphatic carbocycles. The summed E-state index contributed by atoms with van der Waals surface area (Å²) in [4.78, 5) is 8.17. The summed E-state index contributed by atoms with van der Waals surface area (Å²) in [5, 5.41) is 0. The first-order chi connectivity index (χ1) is 8.76. The van der Waals surface area contributed by atoms with Crippen LogP contribution in [0.15, 0.2) is 36.8 Å². The van der Waals surface area contributed by atoms with E-state index in [1.165, 1.54) is 6.07 Å². The standard InChI is InChI=1S/C13H15FN4/c1-2-9-4-3-5-17-12(9)13(18-15)10-6-11(14)8-16-7-10/h3-8,13,18H,2,15H2,1H3. The summed E-state index contributed by atoms with van der Waals surface area (Å²) < 4.78 is 13.2. The Morgan fingerprint density at radius 3 is 2.94 bits per heavy atom. The molecule has 2 aromatic rings. The average molecular weight is 246 g/mol. The van der Waals surface area contributed by atoms with Gasteiger partial charge in [0.25, 0.3) is 0 Å². The molecule has 1 unspecified atom stereocenters. The molecule has 3 N–H and O–H groups in total. The number of nitrogens with one attached hydrogen (secondary N) is 1. The molecule has 0 amide bonds. The van der Waals surface area contributed by atoms with Gasteiger partial charge in [-0.1, -0.05) is 13.0 Å². The molecule has 5 heteroatoms. The van der Waals surface area contributed by atoms with Gasteiger partial charge < -0.3 is 0 Å². The van der Waals surface area contributed by atoms with Crippen LogP contribution < -0.4 is 11.3 Å². The van der Waals surface area contributed by atoms with Gasteiger partial charge >= 0.3 is 0 Å². The Labute approximate surface area is 105 Å². The highest BCUT2D eigenvalue weighted by molar-refractivity contribution is 5.31. The Hall–Kier alpha value is -1.85. The lowest BCUT2D eigenvalue weighted by molar-refractivity contribution is 0.588. The van der Waals surface area contributed by atoms with E-state index in [0.717, 1.165) is 23.9 Å². The summed E-state index contributed by atoms with van der Waals surface area (Å²) in [7, 11) is 0. The number of aromatic nitrogens is 2. The van der Waals surface area contributed by atoms with Crippen LogP contribution in [0.2, 0.25) is 0 Å². The zero-order chi connectivity index (χ0) is 13.0. The van der Waals surface area contributed by atoms with E-state index in [0.29, 0.717) is 5.56 Å². The maximum absolute atomic E-state index is 13.2. The second-order valence-electron chi connectivity index (χ2n) is 3.94. The molecule has 2 heterocycles. The Morgan fingerprint density at radius 2 is 2.28 bits per heavy atom. The van der Waals surface area contributed by atoms with Crippen molar-refractivity contribution < 1.29 is 4.39 Å². The summed E-state index contributed by atoms with van der Waals surface area (Å²) >= 11 is 0. The maximum atomic E-state index is 13.2. The largest absolute Gasteiger partial charge is 0.271 e. The molecular weight excluding hydrogens is 231 g/mol. The number of aryl methyl sites for hydroxylation is 1. The summed E-state index contributed by atoms with van der Waals surface area (Å²) in [5.74, 6) is 5.18. The highest BCUT2D eigenvalue weighted by Crippen LogP contribution is 2.22. The van der Waals surface area contributed by atoms with E-state index in [4.69, 9.17) is 5.84 Å². The zero-order valence-corrected chi connectivity index (χ0v) is 10.1. The summed E-state index contributed by atoms with van der Waals surface area (Å²) in [6, 6.07) is 4.91. The minimum Gasteiger partial charge on any atom is -0.271 e. The van der Waals surface area contributed by atoms with Crippen LogP contribution in [0.3, 0.4) is 0 Å². The minimum atomic E-state index is -0.387. The topological polar surface area (TPSA) is 63.8 Å². The molecule has 0 saturated heterocycles. The number of hydrazine groups is 1. The van der Waals surface area contributed by atoms with Crippen LogP contribution in [0.5, 0.6) is 0 Å². The van der Waals surface area contributed by atoms with Gasteiger partial charge in [-0.15, -0.1) is 0 Å². The monoisotopic (exact) mass is 246 g/mol. The Bertz CT molecular complexity index is 530. The molecule has 4 nitrogen and oxygen atoms in total. The van der Waals surface area contributed by atoms with Crippen molar-refractivity contribution in [2.45, 2.75) is 19.4 Å². The summed E-state index contributed by atoms with van der Waals surface area (Å²) in [6.07, 6.45) is 5.29. The zero-order valence-electron chi connectivity index (χ0n) is 10.1. The molecule has 94 valence electrons. The van der Waals surface area contributed by atoms with Crippen molar-refractivity contribution in [2.75, 3.05) is 0 Å². The molecule has 2 aromatic heterocycles. The van der Waals surface area contributed by atoms with E-state index in [1.807, 2.05) is 19.1 Å². The van der Waals surface area contributed by atoms with Gasteiger partial charge in [-0.3, -0.25) is 15.8 Å². The van der Waals surface area contributed by atoms with Crippen molar-refractivity contribution in [3.8, 4) is 0 Å². The number of hydrogen-bond donors (Lipinski definition) is 2. The SMILES string of the molecule is CCc1cccnc1C(NN)c1cncc(F)c1. The number of rotatable bonds is 4. The van der Waals surface area contributed by atoms with Crippen LogP contribution in [-0.2, 0) is 6.42 Å². The Morgan fingerprint density at radius 1 is 1.44 bits per heavy atom. The molecule has 0 aliphatic heterocycles. The smallest absolute Gasteiger partial charge is 0.141 e. The minimum absolute atomic E-state index is 0.357. The molecule has 0 aromatic carbocycles. The molecule has 1 atom stereocenters. The second kappa shape index (κ2) is 5.66. The van der Waals surface area contributed by atoms with E-state index in [-0.39, 0.29) is 11.9 Å². The first-order valence-corrected chi connectivity index (χ1v) is 5.76. The third-order valence-corrected chi connectivity index (χ3v) is 2.81. The van der Waals surface area contributed by atoms with E-state index in [9.17, 15) is 4.39 Å². The lowest BCUT2D eigenvalue weighted by Gasteiger charge is -2.18. The molecule has 0 fully saturated rings. The number of hydrogen-bond acceptors (Lipinski definition) is 4. The lowest BCUT2D eigenvalue weighted by atomic mass is 10.00. The summed E-state index contributed by atoms with van der Waals surface area (Å²) in [5.41, 5.74) is 5.20. The molecule has 0 saturated carbocycles. The highest BCUT2D eigenvalue weighted by Gasteiger charge is 2.17. The molecular formula is C13H15FN4. The van der Waals surface area contributed by atoms with Crippen molar-refractivity contribution in [2.24, 2.45) is 5.84 Å². The third kappa shape index (κ3) is 2.52. The number of nitrogens with two attached hydrogens (primary N) is 1. The quantitative estimate of drug-likeness (QED) is 0.637. The normalized spacial score (nSPS) is 12.4. The van der Waals surface area contributed by atoms with Crippen molar-refractivity contribution in [1.29, 1.82) is 0 Å². The van der Waals surface area contributed by atoms with Gasteiger partial charge in [0.05, 0.1) is 17.9 Å². The van der Waals surface area contributed by atoms with E-state index >= 15 is 0 Å². The van der Waals surface area contributed by atoms with Gasteiger partial charge in [0.15, 0.2) is 0 Å². The molecule has 18 heavy (non-hydrogen) atoms. The van der Waals surface area contributed by atoms with E-state index in [2.05, 4.69) is 15.4 Å². The van der Waals surface area contributed by atoms with Gasteiger partial charge in [-0.2, -0.15) is 0 Å². The van der Waals surface area contributed by atoms with Crippen molar-refractivity contribution in [3.63, 3.8) is 0 Å². The first kappa shape index (κ1) is 12.6. The fourth-order valence-electron chi connectivity index (χ4n) is 1.93. The van der Waals surface area contributed by atoms with Crippen LogP contribution in [0.25, 0.3) is 0 Å². The predicted molar refractivity (Wildman–Crippen MR) is 67.0 cm³/mol. The number of halogens is 1. The first-order valence-electron chi connectivity index (χ1n) is 5.76. The highest BCUT2D eigenvalue weighted by atomic mass is 19.1. The van der Waals surface area contributed by atoms with Crippen molar-refractivity contribution >= 4 is 0 Å². The van der Waals surface area contributed by atoms with Crippen molar-refractivity contribution in [3.05, 3.63) is 59.4 Å². The number of pyridine rings is 2. The molecule has 2 rings (SSSR count). The third-order valence-electron chi connectivity index (χ3n) is 2.81. The molecule has 0 spiro atoms. The second-order valence-corrected chi connectivity index (χ2v) is 3.94. The Kier molecular flexibility index (Phi) is 3.96. The van der Waals surface area contributed by atoms with Crippen LogP contribution >= 0.6 is 0 Å². The van der Waals surface area contributed by atoms with E-state index in [1.54, 1.807) is 12.4 Å². The Balaban J connectivity index is 2.45. The fourth-order valence-corrected chi connectivity index (χ4v) is 1.93. The predicted octanol–water partition coefficient (Wildman–Crippen LogP) is 1.73. The molecule has 0 radical (unpaired) electrons. The average Bonchev–Trinajstić information content (AvgIpc) is 2.40. The van der Waals surface area contributed by atoms with Gasteiger partial charge in [0, 0.05) is 12.4 Å². The van der Waals surface area contributed by atoms with E-state index < -0.39 is 0 Å². The van der Waals surface area contributed by atoms with Gasteiger partial charge in [0.1, 0.15) is 5.82 Å².